The van der Waals surface area contributed by atoms with Crippen molar-refractivity contribution in [1.29, 1.82) is 0 Å². The fourth-order valence-corrected chi connectivity index (χ4v) is 4.57. The maximum atomic E-state index is 13.9. The molecule has 4 N–H and O–H groups in total. The zero-order chi connectivity index (χ0) is 23.0. The fraction of sp³-hybridized carbons (Fsp3) is 0.708. The van der Waals surface area contributed by atoms with Crippen LogP contribution in [0.3, 0.4) is 0 Å². The third-order valence-electron chi connectivity index (χ3n) is 6.49. The minimum Gasteiger partial charge on any atom is -0.482 e. The average Bonchev–Trinajstić information content (AvgIpc) is 2.96. The predicted molar refractivity (Wildman–Crippen MR) is 115 cm³/mol. The second-order valence-corrected chi connectivity index (χ2v) is 9.27. The Morgan fingerprint density at radius 3 is 2.35 bits per heavy atom. The number of carboxylic acid groups (broad SMARTS) is 1. The van der Waals surface area contributed by atoms with Gasteiger partial charge in [0.15, 0.2) is 11.6 Å². The predicted octanol–water partition coefficient (Wildman–Crippen LogP) is 3.91. The van der Waals surface area contributed by atoms with Crippen LogP contribution >= 0.6 is 0 Å². The van der Waals surface area contributed by atoms with Crippen LogP contribution in [0.1, 0.15) is 71.6 Å². The molecule has 0 bridgehead atoms. The largest absolute Gasteiger partial charge is 0.482 e. The van der Waals surface area contributed by atoms with Crippen LogP contribution in [0, 0.1) is 17.7 Å². The van der Waals surface area contributed by atoms with Crippen LogP contribution in [-0.4, -0.2) is 50.3 Å². The van der Waals surface area contributed by atoms with Gasteiger partial charge < -0.3 is 25.2 Å². The van der Waals surface area contributed by atoms with Gasteiger partial charge in [0, 0.05) is 6.42 Å². The normalized spacial score (nSPS) is 24.8. The number of hydrogen-bond acceptors (Lipinski definition) is 5. The van der Waals surface area contributed by atoms with Crippen LogP contribution in [0.4, 0.5) is 4.39 Å². The third-order valence-corrected chi connectivity index (χ3v) is 6.49. The molecule has 1 fully saturated rings. The van der Waals surface area contributed by atoms with Gasteiger partial charge in [0.2, 0.25) is 0 Å². The third kappa shape index (κ3) is 7.74. The number of hydrogen-bond donors (Lipinski definition) is 4. The maximum Gasteiger partial charge on any atom is 0.303 e. The molecule has 176 valence electrons. The van der Waals surface area contributed by atoms with Crippen molar-refractivity contribution in [3.05, 3.63) is 30.1 Å². The number of unbranched alkanes of at least 4 members (excludes halogenated alkanes) is 3. The highest BCUT2D eigenvalue weighted by atomic mass is 19.1. The quantitative estimate of drug-likeness (QED) is 0.347. The van der Waals surface area contributed by atoms with Gasteiger partial charge in [-0.15, -0.1) is 0 Å². The maximum absolute atomic E-state index is 13.9. The molecule has 31 heavy (non-hydrogen) atoms. The first-order chi connectivity index (χ1) is 14.6. The zero-order valence-corrected chi connectivity index (χ0v) is 18.5. The van der Waals surface area contributed by atoms with E-state index in [1.54, 1.807) is 26.0 Å². The Kier molecular flexibility index (Phi) is 9.72. The summed E-state index contributed by atoms with van der Waals surface area (Å²) in [5.41, 5.74) is -1.01. The molecule has 0 saturated heterocycles. The molecule has 0 aliphatic heterocycles. The molecule has 0 amide bonds. The van der Waals surface area contributed by atoms with E-state index < -0.39 is 35.7 Å². The minimum atomic E-state index is -1.01. The van der Waals surface area contributed by atoms with Crippen LogP contribution in [0.15, 0.2) is 24.3 Å². The van der Waals surface area contributed by atoms with E-state index in [2.05, 4.69) is 0 Å². The van der Waals surface area contributed by atoms with E-state index >= 15 is 0 Å². The lowest BCUT2D eigenvalue weighted by Gasteiger charge is -2.33. The van der Waals surface area contributed by atoms with Gasteiger partial charge in [0.05, 0.1) is 18.3 Å². The number of aliphatic hydroxyl groups excluding tert-OH is 3. The summed E-state index contributed by atoms with van der Waals surface area (Å²) < 4.78 is 19.6. The lowest BCUT2D eigenvalue weighted by atomic mass is 9.83. The molecule has 1 aromatic rings. The summed E-state index contributed by atoms with van der Waals surface area (Å²) in [5.74, 6) is -1.34. The number of rotatable bonds is 13. The second kappa shape index (κ2) is 11.8. The Labute approximate surface area is 184 Å². The molecule has 2 rings (SSSR count). The first-order valence-corrected chi connectivity index (χ1v) is 11.3. The molecule has 0 radical (unpaired) electrons. The lowest BCUT2D eigenvalue weighted by molar-refractivity contribution is -0.137. The van der Waals surface area contributed by atoms with E-state index in [1.807, 2.05) is 0 Å². The Balaban J connectivity index is 1.84. The molecule has 5 unspecified atom stereocenters. The molecule has 1 aliphatic carbocycles. The summed E-state index contributed by atoms with van der Waals surface area (Å²) >= 11 is 0. The number of benzene rings is 1. The number of aliphatic carboxylic acids is 1. The highest BCUT2D eigenvalue weighted by molar-refractivity contribution is 5.66. The van der Waals surface area contributed by atoms with Gasteiger partial charge >= 0.3 is 5.97 Å². The first kappa shape index (κ1) is 25.6. The van der Waals surface area contributed by atoms with E-state index in [0.717, 1.165) is 25.7 Å². The summed E-state index contributed by atoms with van der Waals surface area (Å²) in [4.78, 5) is 10.6. The van der Waals surface area contributed by atoms with Crippen molar-refractivity contribution < 1.29 is 34.3 Å². The Hall–Kier alpha value is -1.70. The Morgan fingerprint density at radius 1 is 1.10 bits per heavy atom. The molecule has 1 saturated carbocycles. The van der Waals surface area contributed by atoms with Crippen LogP contribution in [0.2, 0.25) is 0 Å². The van der Waals surface area contributed by atoms with Crippen molar-refractivity contribution in [2.45, 2.75) is 95.5 Å². The van der Waals surface area contributed by atoms with Crippen LogP contribution in [-0.2, 0) is 4.79 Å². The van der Waals surface area contributed by atoms with Gasteiger partial charge in [-0.3, -0.25) is 4.79 Å². The monoisotopic (exact) mass is 440 g/mol. The van der Waals surface area contributed by atoms with Crippen LogP contribution < -0.4 is 4.74 Å². The van der Waals surface area contributed by atoms with Gasteiger partial charge in [0.1, 0.15) is 5.60 Å². The zero-order valence-electron chi connectivity index (χ0n) is 18.5. The topological polar surface area (TPSA) is 107 Å². The van der Waals surface area contributed by atoms with E-state index in [1.165, 1.54) is 12.1 Å². The average molecular weight is 441 g/mol. The number of ether oxygens (including phenoxy) is 1. The van der Waals surface area contributed by atoms with Crippen LogP contribution in [0.25, 0.3) is 0 Å². The molecule has 0 heterocycles. The molecular formula is C24H37FO6. The van der Waals surface area contributed by atoms with Crippen LogP contribution in [0.5, 0.6) is 5.75 Å². The highest BCUT2D eigenvalue weighted by Gasteiger charge is 2.42. The molecule has 7 heteroatoms. The van der Waals surface area contributed by atoms with E-state index in [4.69, 9.17) is 9.84 Å². The van der Waals surface area contributed by atoms with Crippen molar-refractivity contribution in [2.75, 3.05) is 0 Å². The second-order valence-electron chi connectivity index (χ2n) is 9.27. The number of carboxylic acids is 1. The molecule has 1 aromatic carbocycles. The molecule has 1 aliphatic rings. The summed E-state index contributed by atoms with van der Waals surface area (Å²) in [6, 6.07) is 6.07. The van der Waals surface area contributed by atoms with Gasteiger partial charge in [-0.05, 0) is 69.9 Å². The smallest absolute Gasteiger partial charge is 0.303 e. The first-order valence-electron chi connectivity index (χ1n) is 11.3. The minimum absolute atomic E-state index is 0.0442. The summed E-state index contributed by atoms with van der Waals surface area (Å²) in [7, 11) is 0. The fourth-order valence-electron chi connectivity index (χ4n) is 4.57. The van der Waals surface area contributed by atoms with Gasteiger partial charge in [-0.1, -0.05) is 31.4 Å². The van der Waals surface area contributed by atoms with Crippen molar-refractivity contribution in [1.82, 2.24) is 0 Å². The van der Waals surface area contributed by atoms with Gasteiger partial charge in [0.25, 0.3) is 0 Å². The Bertz CT molecular complexity index is 694. The molecular weight excluding hydrogens is 403 g/mol. The standard InChI is InChI=1S/C24H37FO6/c1-24(2,31-21-11-8-7-10-18(21)25)22(28)14-13-17-16(19(26)15-20(17)27)9-5-3-4-6-12-23(29)30/h7-8,10-11,16-17,19-20,22,26-28H,3-6,9,12-15H2,1-2H3,(H,29,30). The number of halogens is 1. The number of aliphatic hydroxyl groups is 3. The summed E-state index contributed by atoms with van der Waals surface area (Å²) in [6.07, 6.45) is 3.37. The van der Waals surface area contributed by atoms with Crippen molar-refractivity contribution in [3.63, 3.8) is 0 Å². The molecule has 6 nitrogen and oxygen atoms in total. The van der Waals surface area contributed by atoms with Gasteiger partial charge in [-0.25, -0.2) is 4.39 Å². The molecule has 0 spiro atoms. The van der Waals surface area contributed by atoms with E-state index in [0.29, 0.717) is 25.7 Å². The van der Waals surface area contributed by atoms with Crippen molar-refractivity contribution >= 4 is 5.97 Å². The van der Waals surface area contributed by atoms with Crippen molar-refractivity contribution in [2.24, 2.45) is 11.8 Å². The summed E-state index contributed by atoms with van der Waals surface area (Å²) in [5, 5.41) is 40.2. The number of carbonyl (C=O) groups is 1. The lowest BCUT2D eigenvalue weighted by Crippen LogP contribution is -2.42. The molecule has 5 atom stereocenters. The van der Waals surface area contributed by atoms with Gasteiger partial charge in [-0.2, -0.15) is 0 Å². The van der Waals surface area contributed by atoms with Crippen molar-refractivity contribution in [3.8, 4) is 5.75 Å². The Morgan fingerprint density at radius 2 is 1.71 bits per heavy atom. The SMILES string of the molecule is CC(C)(Oc1ccccc1F)C(O)CCC1C(O)CC(O)C1CCCCCCC(=O)O. The summed E-state index contributed by atoms with van der Waals surface area (Å²) in [6.45, 7) is 3.41. The molecule has 0 aromatic heterocycles. The van der Waals surface area contributed by atoms with E-state index in [-0.39, 0.29) is 24.0 Å². The highest BCUT2D eigenvalue weighted by Crippen LogP contribution is 2.40. The number of para-hydroxylation sites is 1. The van der Waals surface area contributed by atoms with E-state index in [9.17, 15) is 24.5 Å².